The van der Waals surface area contributed by atoms with E-state index in [2.05, 4.69) is 5.32 Å². The predicted molar refractivity (Wildman–Crippen MR) is 69.0 cm³/mol. The minimum absolute atomic E-state index is 0.0656. The smallest absolute Gasteiger partial charge is 0.241 e. The van der Waals surface area contributed by atoms with Crippen molar-refractivity contribution in [1.29, 1.82) is 0 Å². The van der Waals surface area contributed by atoms with E-state index in [0.29, 0.717) is 12.3 Å². The quantitative estimate of drug-likeness (QED) is 0.771. The van der Waals surface area contributed by atoms with Crippen LogP contribution in [0, 0.1) is 5.92 Å². The molecule has 2 heterocycles. The maximum atomic E-state index is 12.0. The number of carbonyl (C=O) groups is 2. The molecule has 0 aromatic rings. The van der Waals surface area contributed by atoms with Crippen LogP contribution < -0.4 is 5.32 Å². The first-order valence-electron chi connectivity index (χ1n) is 6.89. The summed E-state index contributed by atoms with van der Waals surface area (Å²) in [6.07, 6.45) is 3.87. The highest BCUT2D eigenvalue weighted by molar-refractivity contribution is 5.85. The van der Waals surface area contributed by atoms with Crippen LogP contribution >= 0.6 is 0 Å². The summed E-state index contributed by atoms with van der Waals surface area (Å²) in [7, 11) is 1.84. The predicted octanol–water partition coefficient (Wildman–Crippen LogP) is 0.0668. The van der Waals surface area contributed by atoms with Gasteiger partial charge < -0.3 is 15.1 Å². The highest BCUT2D eigenvalue weighted by Gasteiger charge is 2.25. The second-order valence-electron chi connectivity index (χ2n) is 5.41. The molecular weight excluding hydrogens is 230 g/mol. The largest absolute Gasteiger partial charge is 0.344 e. The summed E-state index contributed by atoms with van der Waals surface area (Å²) in [5.74, 6) is 0.744. The molecule has 2 saturated heterocycles. The third kappa shape index (κ3) is 3.45. The van der Waals surface area contributed by atoms with Crippen molar-refractivity contribution in [3.05, 3.63) is 0 Å². The highest BCUT2D eigenvalue weighted by atomic mass is 16.2. The van der Waals surface area contributed by atoms with Gasteiger partial charge in [0.25, 0.3) is 0 Å². The van der Waals surface area contributed by atoms with Crippen LogP contribution in [0.3, 0.4) is 0 Å². The van der Waals surface area contributed by atoms with Crippen LogP contribution in [-0.4, -0.2) is 61.4 Å². The highest BCUT2D eigenvalue weighted by Crippen LogP contribution is 2.12. The lowest BCUT2D eigenvalue weighted by molar-refractivity contribution is -0.137. The lowest BCUT2D eigenvalue weighted by Crippen LogP contribution is -2.43. The van der Waals surface area contributed by atoms with Crippen molar-refractivity contribution in [1.82, 2.24) is 15.1 Å². The van der Waals surface area contributed by atoms with Crippen molar-refractivity contribution in [3.63, 3.8) is 0 Å². The van der Waals surface area contributed by atoms with Gasteiger partial charge in [0, 0.05) is 26.6 Å². The average Bonchev–Trinajstić information content (AvgIpc) is 2.76. The Morgan fingerprint density at radius 2 is 2.33 bits per heavy atom. The zero-order chi connectivity index (χ0) is 13.0. The Morgan fingerprint density at radius 1 is 1.50 bits per heavy atom. The normalized spacial score (nSPS) is 24.4. The molecule has 2 aliphatic rings. The molecule has 0 aliphatic carbocycles. The van der Waals surface area contributed by atoms with Crippen molar-refractivity contribution >= 4 is 11.8 Å². The molecule has 2 fully saturated rings. The summed E-state index contributed by atoms with van der Waals surface area (Å²) in [4.78, 5) is 27.0. The van der Waals surface area contributed by atoms with E-state index in [1.165, 1.54) is 12.8 Å². The lowest BCUT2D eigenvalue weighted by Gasteiger charge is -2.28. The lowest BCUT2D eigenvalue weighted by atomic mass is 9.99. The van der Waals surface area contributed by atoms with E-state index in [9.17, 15) is 9.59 Å². The number of likely N-dealkylation sites (tertiary alicyclic amines) is 1. The molecule has 0 aromatic heterocycles. The first-order valence-corrected chi connectivity index (χ1v) is 6.89. The van der Waals surface area contributed by atoms with Gasteiger partial charge in [-0.05, 0) is 38.3 Å². The first-order chi connectivity index (χ1) is 8.66. The zero-order valence-electron chi connectivity index (χ0n) is 11.2. The molecule has 2 rings (SSSR count). The number of nitrogens with zero attached hydrogens (tertiary/aromatic N) is 2. The van der Waals surface area contributed by atoms with Gasteiger partial charge in [-0.15, -0.1) is 0 Å². The molecule has 1 unspecified atom stereocenters. The van der Waals surface area contributed by atoms with Crippen LogP contribution in [0.15, 0.2) is 0 Å². The second kappa shape index (κ2) is 6.18. The Morgan fingerprint density at radius 3 is 2.94 bits per heavy atom. The number of likely N-dealkylation sites (N-methyl/N-ethyl adjacent to an activating group) is 1. The maximum absolute atomic E-state index is 12.0. The molecule has 0 aromatic carbocycles. The summed E-state index contributed by atoms with van der Waals surface area (Å²) in [5.41, 5.74) is 0. The van der Waals surface area contributed by atoms with Gasteiger partial charge in [-0.2, -0.15) is 0 Å². The van der Waals surface area contributed by atoms with E-state index in [4.69, 9.17) is 0 Å². The Bertz CT molecular complexity index is 313. The molecule has 5 heteroatoms. The molecule has 1 N–H and O–H groups in total. The summed E-state index contributed by atoms with van der Waals surface area (Å²) in [6, 6.07) is 0. The maximum Gasteiger partial charge on any atom is 0.241 e. The summed E-state index contributed by atoms with van der Waals surface area (Å²) < 4.78 is 0. The number of nitrogens with one attached hydrogen (secondary N) is 1. The molecule has 102 valence electrons. The van der Waals surface area contributed by atoms with E-state index in [0.717, 1.165) is 32.6 Å². The molecule has 5 nitrogen and oxygen atoms in total. The van der Waals surface area contributed by atoms with Crippen molar-refractivity contribution < 1.29 is 9.59 Å². The number of rotatable bonds is 4. The van der Waals surface area contributed by atoms with Crippen LogP contribution in [0.2, 0.25) is 0 Å². The molecule has 0 radical (unpaired) electrons. The van der Waals surface area contributed by atoms with Gasteiger partial charge in [0.15, 0.2) is 0 Å². The molecule has 2 amide bonds. The fourth-order valence-corrected chi connectivity index (χ4v) is 2.72. The van der Waals surface area contributed by atoms with Crippen LogP contribution in [0.25, 0.3) is 0 Å². The molecule has 1 atom stereocenters. The summed E-state index contributed by atoms with van der Waals surface area (Å²) in [6.45, 7) is 3.89. The fraction of sp³-hybridized carbons (Fsp3) is 0.846. The van der Waals surface area contributed by atoms with Crippen molar-refractivity contribution in [2.75, 3.05) is 39.8 Å². The van der Waals surface area contributed by atoms with Gasteiger partial charge >= 0.3 is 0 Å². The van der Waals surface area contributed by atoms with E-state index >= 15 is 0 Å². The summed E-state index contributed by atoms with van der Waals surface area (Å²) >= 11 is 0. The molecule has 18 heavy (non-hydrogen) atoms. The van der Waals surface area contributed by atoms with Gasteiger partial charge in [-0.3, -0.25) is 9.59 Å². The number of piperidine rings is 1. The minimum Gasteiger partial charge on any atom is -0.344 e. The van der Waals surface area contributed by atoms with Crippen LogP contribution in [0.5, 0.6) is 0 Å². The van der Waals surface area contributed by atoms with Crippen molar-refractivity contribution in [2.24, 2.45) is 5.92 Å². The Kier molecular flexibility index (Phi) is 4.58. The van der Waals surface area contributed by atoms with Gasteiger partial charge in [0.05, 0.1) is 6.54 Å². The number of amides is 2. The second-order valence-corrected chi connectivity index (χ2v) is 5.41. The minimum atomic E-state index is 0.0656. The third-order valence-electron chi connectivity index (χ3n) is 3.85. The monoisotopic (exact) mass is 253 g/mol. The third-order valence-corrected chi connectivity index (χ3v) is 3.85. The Labute approximate surface area is 108 Å². The Hall–Kier alpha value is -1.10. The molecule has 0 saturated carbocycles. The molecule has 0 bridgehead atoms. The molecule has 2 aliphatic heterocycles. The topological polar surface area (TPSA) is 52.7 Å². The number of carbonyl (C=O) groups excluding carboxylic acids is 2. The standard InChI is InChI=1S/C13H23N3O2/c1-15(9-11-4-2-6-14-8-11)13(18)10-16-7-3-5-12(16)17/h11,14H,2-10H2,1H3. The SMILES string of the molecule is CN(CC1CCCNC1)C(=O)CN1CCCC1=O. The van der Waals surface area contributed by atoms with Crippen LogP contribution in [0.4, 0.5) is 0 Å². The van der Waals surface area contributed by atoms with Crippen LogP contribution in [0.1, 0.15) is 25.7 Å². The first kappa shape index (κ1) is 13.3. The zero-order valence-corrected chi connectivity index (χ0v) is 11.2. The number of hydrogen-bond acceptors (Lipinski definition) is 3. The van der Waals surface area contributed by atoms with E-state index < -0.39 is 0 Å². The average molecular weight is 253 g/mol. The van der Waals surface area contributed by atoms with Gasteiger partial charge in [-0.1, -0.05) is 0 Å². The van der Waals surface area contributed by atoms with E-state index in [-0.39, 0.29) is 18.4 Å². The van der Waals surface area contributed by atoms with Crippen molar-refractivity contribution in [3.8, 4) is 0 Å². The Balaban J connectivity index is 1.75. The van der Waals surface area contributed by atoms with Gasteiger partial charge in [0.2, 0.25) is 11.8 Å². The molecular formula is C13H23N3O2. The van der Waals surface area contributed by atoms with Crippen molar-refractivity contribution in [2.45, 2.75) is 25.7 Å². The molecule has 0 spiro atoms. The van der Waals surface area contributed by atoms with Gasteiger partial charge in [0.1, 0.15) is 0 Å². The van der Waals surface area contributed by atoms with E-state index in [1.54, 1.807) is 9.80 Å². The number of hydrogen-bond donors (Lipinski definition) is 1. The van der Waals surface area contributed by atoms with Crippen LogP contribution in [-0.2, 0) is 9.59 Å². The summed E-state index contributed by atoms with van der Waals surface area (Å²) in [5, 5.41) is 3.36. The van der Waals surface area contributed by atoms with Gasteiger partial charge in [-0.25, -0.2) is 0 Å². The van der Waals surface area contributed by atoms with E-state index in [1.807, 2.05) is 7.05 Å². The fourth-order valence-electron chi connectivity index (χ4n) is 2.72.